The monoisotopic (exact) mass is 306 g/mol. The predicted molar refractivity (Wildman–Crippen MR) is 80.5 cm³/mol. The molecular formula is C16H18O6. The zero-order valence-electron chi connectivity index (χ0n) is 13.0. The molecule has 0 aliphatic rings. The molecule has 6 nitrogen and oxygen atoms in total. The lowest BCUT2D eigenvalue weighted by Crippen LogP contribution is -2.22. The van der Waals surface area contributed by atoms with Crippen LogP contribution in [0, 0.1) is 6.92 Å². The van der Waals surface area contributed by atoms with E-state index in [2.05, 4.69) is 0 Å². The standard InChI is InChI=1S/C16H18O6/c1-9-7-13(18)22-16-11(9)5-6-12(15(16)10(2)17)21-8-14(19-3)20-4/h5-7,14H,8H2,1-4H3. The van der Waals surface area contributed by atoms with Gasteiger partial charge in [-0.1, -0.05) is 0 Å². The van der Waals surface area contributed by atoms with Crippen molar-refractivity contribution < 1.29 is 23.4 Å². The zero-order chi connectivity index (χ0) is 16.3. The molecule has 1 aromatic heterocycles. The largest absolute Gasteiger partial charge is 0.487 e. The third kappa shape index (κ3) is 3.18. The van der Waals surface area contributed by atoms with E-state index in [1.165, 1.54) is 27.2 Å². The van der Waals surface area contributed by atoms with E-state index in [1.54, 1.807) is 19.1 Å². The fourth-order valence-corrected chi connectivity index (χ4v) is 2.21. The molecule has 118 valence electrons. The molecular weight excluding hydrogens is 288 g/mol. The molecule has 0 atom stereocenters. The lowest BCUT2D eigenvalue weighted by atomic mass is 10.0. The number of aryl methyl sites for hydroxylation is 1. The summed E-state index contributed by atoms with van der Waals surface area (Å²) in [5, 5.41) is 0.701. The molecule has 0 aliphatic heterocycles. The van der Waals surface area contributed by atoms with E-state index in [-0.39, 0.29) is 23.5 Å². The molecule has 0 unspecified atom stereocenters. The molecule has 2 aromatic rings. The van der Waals surface area contributed by atoms with Gasteiger partial charge in [0.25, 0.3) is 0 Å². The smallest absolute Gasteiger partial charge is 0.336 e. The van der Waals surface area contributed by atoms with Crippen LogP contribution in [0.2, 0.25) is 0 Å². The maximum atomic E-state index is 12.0. The molecule has 6 heteroatoms. The van der Waals surface area contributed by atoms with Crippen LogP contribution in [0.25, 0.3) is 11.0 Å². The number of carbonyl (C=O) groups is 1. The van der Waals surface area contributed by atoms with Gasteiger partial charge in [0.15, 0.2) is 17.7 Å². The molecule has 22 heavy (non-hydrogen) atoms. The normalized spacial score (nSPS) is 11.1. The maximum absolute atomic E-state index is 12.0. The number of benzene rings is 1. The second kappa shape index (κ2) is 6.72. The van der Waals surface area contributed by atoms with Crippen LogP contribution < -0.4 is 10.4 Å². The summed E-state index contributed by atoms with van der Waals surface area (Å²) >= 11 is 0. The van der Waals surface area contributed by atoms with Crippen molar-refractivity contribution in [1.82, 2.24) is 0 Å². The summed E-state index contributed by atoms with van der Waals surface area (Å²) in [4.78, 5) is 23.6. The van der Waals surface area contributed by atoms with Crippen LogP contribution in [0.5, 0.6) is 5.75 Å². The fourth-order valence-electron chi connectivity index (χ4n) is 2.21. The van der Waals surface area contributed by atoms with E-state index >= 15 is 0 Å². The number of hydrogen-bond acceptors (Lipinski definition) is 6. The summed E-state index contributed by atoms with van der Waals surface area (Å²) in [6.07, 6.45) is -0.556. The van der Waals surface area contributed by atoms with E-state index in [9.17, 15) is 9.59 Å². The van der Waals surface area contributed by atoms with Crippen molar-refractivity contribution in [3.05, 3.63) is 39.7 Å². The summed E-state index contributed by atoms with van der Waals surface area (Å²) in [6.45, 7) is 3.29. The highest BCUT2D eigenvalue weighted by molar-refractivity contribution is 6.07. The summed E-state index contributed by atoms with van der Waals surface area (Å²) < 4.78 is 20.9. The number of fused-ring (bicyclic) bond motifs is 1. The first-order valence-corrected chi connectivity index (χ1v) is 6.74. The average Bonchev–Trinajstić information content (AvgIpc) is 2.47. The molecule has 0 saturated carbocycles. The van der Waals surface area contributed by atoms with Crippen molar-refractivity contribution in [2.24, 2.45) is 0 Å². The molecule has 0 bridgehead atoms. The zero-order valence-corrected chi connectivity index (χ0v) is 13.0. The Balaban J connectivity index is 2.53. The number of rotatable bonds is 6. The van der Waals surface area contributed by atoms with E-state index in [4.69, 9.17) is 18.6 Å². The Hall–Kier alpha value is -2.18. The van der Waals surface area contributed by atoms with E-state index in [0.29, 0.717) is 11.1 Å². The topological polar surface area (TPSA) is 75.0 Å². The Labute approximate surface area is 127 Å². The molecule has 0 fully saturated rings. The predicted octanol–water partition coefficient (Wildman–Crippen LogP) is 2.30. The molecule has 0 N–H and O–H groups in total. The lowest BCUT2D eigenvalue weighted by Gasteiger charge is -2.16. The van der Waals surface area contributed by atoms with Crippen molar-refractivity contribution in [1.29, 1.82) is 0 Å². The second-order valence-corrected chi connectivity index (χ2v) is 4.83. The first-order valence-electron chi connectivity index (χ1n) is 6.74. The van der Waals surface area contributed by atoms with E-state index in [0.717, 1.165) is 5.56 Å². The average molecular weight is 306 g/mol. The number of ether oxygens (including phenoxy) is 3. The van der Waals surface area contributed by atoms with Gasteiger partial charge >= 0.3 is 5.63 Å². The first kappa shape index (κ1) is 16.2. The van der Waals surface area contributed by atoms with Gasteiger partial charge in [-0.25, -0.2) is 4.79 Å². The third-order valence-corrected chi connectivity index (χ3v) is 3.33. The van der Waals surface area contributed by atoms with Crippen molar-refractivity contribution >= 4 is 16.8 Å². The number of Topliss-reactive ketones (excluding diaryl/α,β-unsaturated/α-hetero) is 1. The SMILES string of the molecule is COC(COc1ccc2c(C)cc(=O)oc2c1C(C)=O)OC. The minimum absolute atomic E-state index is 0.106. The molecule has 0 amide bonds. The minimum atomic E-state index is -0.556. The van der Waals surface area contributed by atoms with Crippen molar-refractivity contribution in [3.63, 3.8) is 0 Å². The Morgan fingerprint density at radius 2 is 1.95 bits per heavy atom. The molecule has 1 aromatic carbocycles. The van der Waals surface area contributed by atoms with Gasteiger partial charge in [0.05, 0.1) is 0 Å². The van der Waals surface area contributed by atoms with Gasteiger partial charge in [0.2, 0.25) is 0 Å². The summed E-state index contributed by atoms with van der Waals surface area (Å²) in [5.74, 6) is 0.0774. The highest BCUT2D eigenvalue weighted by atomic mass is 16.7. The third-order valence-electron chi connectivity index (χ3n) is 3.33. The second-order valence-electron chi connectivity index (χ2n) is 4.83. The highest BCUT2D eigenvalue weighted by Gasteiger charge is 2.18. The highest BCUT2D eigenvalue weighted by Crippen LogP contribution is 2.29. The number of hydrogen-bond donors (Lipinski definition) is 0. The van der Waals surface area contributed by atoms with Crippen LogP contribution >= 0.6 is 0 Å². The fraction of sp³-hybridized carbons (Fsp3) is 0.375. The van der Waals surface area contributed by atoms with Crippen LogP contribution in [0.3, 0.4) is 0 Å². The lowest BCUT2D eigenvalue weighted by molar-refractivity contribution is -0.122. The van der Waals surface area contributed by atoms with Crippen LogP contribution in [0.1, 0.15) is 22.8 Å². The molecule has 0 saturated heterocycles. The van der Waals surface area contributed by atoms with Crippen LogP contribution in [0.15, 0.2) is 27.4 Å². The van der Waals surface area contributed by atoms with Crippen molar-refractivity contribution in [3.8, 4) is 5.75 Å². The number of methoxy groups -OCH3 is 2. The summed E-state index contributed by atoms with van der Waals surface area (Å²) in [7, 11) is 2.98. The molecule has 0 spiro atoms. The van der Waals surface area contributed by atoms with E-state index < -0.39 is 11.9 Å². The molecule has 0 aliphatic carbocycles. The van der Waals surface area contributed by atoms with Crippen LogP contribution in [-0.4, -0.2) is 32.9 Å². The number of carbonyl (C=O) groups excluding carboxylic acids is 1. The summed E-state index contributed by atoms with van der Waals surface area (Å²) in [5.41, 5.74) is 0.717. The van der Waals surface area contributed by atoms with Gasteiger partial charge < -0.3 is 18.6 Å². The van der Waals surface area contributed by atoms with Gasteiger partial charge in [-0.15, -0.1) is 0 Å². The van der Waals surface area contributed by atoms with E-state index in [1.807, 2.05) is 0 Å². The first-order chi connectivity index (χ1) is 10.5. The van der Waals surface area contributed by atoms with Gasteiger partial charge in [-0.2, -0.15) is 0 Å². The van der Waals surface area contributed by atoms with Crippen molar-refractivity contribution in [2.45, 2.75) is 20.1 Å². The molecule has 1 heterocycles. The Bertz CT molecular complexity index is 742. The van der Waals surface area contributed by atoms with Gasteiger partial charge in [-0.05, 0) is 31.5 Å². The molecule has 0 radical (unpaired) electrons. The Kier molecular flexibility index (Phi) is 4.95. The Morgan fingerprint density at radius 1 is 1.27 bits per heavy atom. The van der Waals surface area contributed by atoms with Crippen LogP contribution in [-0.2, 0) is 9.47 Å². The molecule has 2 rings (SSSR count). The minimum Gasteiger partial charge on any atom is -0.487 e. The van der Waals surface area contributed by atoms with Gasteiger partial charge in [0, 0.05) is 25.7 Å². The van der Waals surface area contributed by atoms with Gasteiger partial charge in [0.1, 0.15) is 17.9 Å². The Morgan fingerprint density at radius 3 is 2.55 bits per heavy atom. The van der Waals surface area contributed by atoms with Gasteiger partial charge in [-0.3, -0.25) is 4.79 Å². The number of ketones is 1. The van der Waals surface area contributed by atoms with Crippen molar-refractivity contribution in [2.75, 3.05) is 20.8 Å². The maximum Gasteiger partial charge on any atom is 0.336 e. The summed E-state index contributed by atoms with van der Waals surface area (Å²) in [6, 6.07) is 4.82. The quantitative estimate of drug-likeness (QED) is 0.463. The van der Waals surface area contributed by atoms with Crippen LogP contribution in [0.4, 0.5) is 0 Å².